The molecule has 0 aliphatic carbocycles. The number of hydrogen-bond donors (Lipinski definition) is 2. The molecule has 0 saturated heterocycles. The number of hydrogen-bond acceptors (Lipinski definition) is 2. The number of nitrogens with two attached hydrogens (primary N) is 1. The van der Waals surface area contributed by atoms with E-state index in [-0.39, 0.29) is 12.3 Å². The first-order valence-electron chi connectivity index (χ1n) is 6.40. The van der Waals surface area contributed by atoms with E-state index >= 15 is 0 Å². The second kappa shape index (κ2) is 6.70. The first kappa shape index (κ1) is 15.5. The Morgan fingerprint density at radius 3 is 2.52 bits per heavy atom. The molecular formula is C16H15ClN2OS. The summed E-state index contributed by atoms with van der Waals surface area (Å²) in [5, 5.41) is 3.53. The van der Waals surface area contributed by atoms with Gasteiger partial charge in [-0.25, -0.2) is 0 Å². The molecule has 0 aliphatic rings. The van der Waals surface area contributed by atoms with Crippen LogP contribution in [0.5, 0.6) is 0 Å². The van der Waals surface area contributed by atoms with Gasteiger partial charge < -0.3 is 11.1 Å². The SMILES string of the molecule is Cc1ccc(C(N)=S)cc1NC(=O)Cc1ccc(Cl)cc1. The second-order valence-electron chi connectivity index (χ2n) is 4.75. The molecule has 2 aromatic carbocycles. The molecule has 3 N–H and O–H groups in total. The highest BCUT2D eigenvalue weighted by Gasteiger charge is 2.08. The van der Waals surface area contributed by atoms with Crippen LogP contribution in [0.15, 0.2) is 42.5 Å². The van der Waals surface area contributed by atoms with Gasteiger partial charge in [0.05, 0.1) is 6.42 Å². The Morgan fingerprint density at radius 1 is 1.24 bits per heavy atom. The third kappa shape index (κ3) is 4.28. The summed E-state index contributed by atoms with van der Waals surface area (Å²) in [5.41, 5.74) is 8.92. The lowest BCUT2D eigenvalue weighted by molar-refractivity contribution is -0.115. The van der Waals surface area contributed by atoms with E-state index in [4.69, 9.17) is 29.6 Å². The third-order valence-electron chi connectivity index (χ3n) is 3.07. The largest absolute Gasteiger partial charge is 0.389 e. The van der Waals surface area contributed by atoms with Crippen molar-refractivity contribution in [2.75, 3.05) is 5.32 Å². The summed E-state index contributed by atoms with van der Waals surface area (Å²) in [4.78, 5) is 12.4. The van der Waals surface area contributed by atoms with Crippen molar-refractivity contribution in [2.45, 2.75) is 13.3 Å². The molecule has 21 heavy (non-hydrogen) atoms. The van der Waals surface area contributed by atoms with Crippen LogP contribution in [-0.4, -0.2) is 10.9 Å². The first-order valence-corrected chi connectivity index (χ1v) is 7.19. The van der Waals surface area contributed by atoms with Gasteiger partial charge in [-0.15, -0.1) is 0 Å². The van der Waals surface area contributed by atoms with E-state index in [1.165, 1.54) is 0 Å². The fourth-order valence-electron chi connectivity index (χ4n) is 1.89. The van der Waals surface area contributed by atoms with Gasteiger partial charge in [-0.2, -0.15) is 0 Å². The number of aryl methyl sites for hydroxylation is 1. The normalized spacial score (nSPS) is 10.2. The van der Waals surface area contributed by atoms with Gasteiger partial charge >= 0.3 is 0 Å². The molecule has 0 unspecified atom stereocenters. The molecule has 2 rings (SSSR count). The Morgan fingerprint density at radius 2 is 1.90 bits per heavy atom. The van der Waals surface area contributed by atoms with Gasteiger partial charge in [0.15, 0.2) is 0 Å². The van der Waals surface area contributed by atoms with Crippen LogP contribution in [0.4, 0.5) is 5.69 Å². The molecule has 0 aliphatic heterocycles. The highest BCUT2D eigenvalue weighted by molar-refractivity contribution is 7.80. The molecule has 0 radical (unpaired) electrons. The molecular weight excluding hydrogens is 304 g/mol. The zero-order valence-corrected chi connectivity index (χ0v) is 13.1. The maximum absolute atomic E-state index is 12.1. The fraction of sp³-hybridized carbons (Fsp3) is 0.125. The number of carbonyl (C=O) groups is 1. The van der Waals surface area contributed by atoms with Crippen molar-refractivity contribution in [3.63, 3.8) is 0 Å². The monoisotopic (exact) mass is 318 g/mol. The van der Waals surface area contributed by atoms with E-state index in [2.05, 4.69) is 5.32 Å². The molecule has 1 amide bonds. The summed E-state index contributed by atoms with van der Waals surface area (Å²) in [6.45, 7) is 1.92. The van der Waals surface area contributed by atoms with E-state index < -0.39 is 0 Å². The first-order chi connectivity index (χ1) is 9.95. The molecule has 0 heterocycles. The average Bonchev–Trinajstić information content (AvgIpc) is 2.43. The molecule has 5 heteroatoms. The molecule has 108 valence electrons. The van der Waals surface area contributed by atoms with Crippen LogP contribution in [0, 0.1) is 6.92 Å². The Balaban J connectivity index is 2.10. The van der Waals surface area contributed by atoms with E-state index in [0.29, 0.717) is 10.0 Å². The minimum absolute atomic E-state index is 0.0967. The topological polar surface area (TPSA) is 55.1 Å². The van der Waals surface area contributed by atoms with Crippen molar-refractivity contribution in [1.29, 1.82) is 0 Å². The number of nitrogens with one attached hydrogen (secondary N) is 1. The van der Waals surface area contributed by atoms with Crippen LogP contribution < -0.4 is 11.1 Å². The number of anilines is 1. The number of benzene rings is 2. The van der Waals surface area contributed by atoms with Gasteiger partial charge in [0, 0.05) is 16.3 Å². The van der Waals surface area contributed by atoms with Gasteiger partial charge in [-0.05, 0) is 36.2 Å². The summed E-state index contributed by atoms with van der Waals surface area (Å²) >= 11 is 10.8. The summed E-state index contributed by atoms with van der Waals surface area (Å²) in [7, 11) is 0. The maximum atomic E-state index is 12.1. The Labute approximate surface area is 134 Å². The molecule has 3 nitrogen and oxygen atoms in total. The van der Waals surface area contributed by atoms with E-state index in [0.717, 1.165) is 22.4 Å². The van der Waals surface area contributed by atoms with E-state index in [1.807, 2.05) is 31.2 Å². The highest BCUT2D eigenvalue weighted by Crippen LogP contribution is 2.18. The maximum Gasteiger partial charge on any atom is 0.228 e. The van der Waals surface area contributed by atoms with E-state index in [1.54, 1.807) is 18.2 Å². The molecule has 0 bridgehead atoms. The van der Waals surface area contributed by atoms with Gasteiger partial charge in [0.25, 0.3) is 0 Å². The second-order valence-corrected chi connectivity index (χ2v) is 5.62. The minimum atomic E-state index is -0.0967. The average molecular weight is 319 g/mol. The highest BCUT2D eigenvalue weighted by atomic mass is 35.5. The predicted octanol–water partition coefficient (Wildman–Crippen LogP) is 3.46. The Hall–Kier alpha value is -1.91. The van der Waals surface area contributed by atoms with Crippen LogP contribution in [0.3, 0.4) is 0 Å². The summed E-state index contributed by atoms with van der Waals surface area (Å²) in [5.74, 6) is -0.0967. The van der Waals surface area contributed by atoms with Crippen molar-refractivity contribution in [3.05, 3.63) is 64.2 Å². The van der Waals surface area contributed by atoms with Crippen molar-refractivity contribution >= 4 is 40.4 Å². The summed E-state index contributed by atoms with van der Waals surface area (Å²) < 4.78 is 0. The Bertz CT molecular complexity index is 683. The standard InChI is InChI=1S/C16H15ClN2OS/c1-10-2-5-12(16(18)21)9-14(10)19-15(20)8-11-3-6-13(17)7-4-11/h2-7,9H,8H2,1H3,(H2,18,21)(H,19,20). The lowest BCUT2D eigenvalue weighted by Gasteiger charge is -2.10. The number of rotatable bonds is 4. The van der Waals surface area contributed by atoms with Crippen LogP contribution >= 0.6 is 23.8 Å². The molecule has 2 aromatic rings. The van der Waals surface area contributed by atoms with Crippen molar-refractivity contribution in [3.8, 4) is 0 Å². The van der Waals surface area contributed by atoms with Crippen molar-refractivity contribution in [2.24, 2.45) is 5.73 Å². The molecule has 0 atom stereocenters. The van der Waals surface area contributed by atoms with Crippen LogP contribution in [-0.2, 0) is 11.2 Å². The van der Waals surface area contributed by atoms with E-state index in [9.17, 15) is 4.79 Å². The third-order valence-corrected chi connectivity index (χ3v) is 3.56. The number of carbonyl (C=O) groups excluding carboxylic acids is 1. The van der Waals surface area contributed by atoms with Crippen LogP contribution in [0.2, 0.25) is 5.02 Å². The zero-order valence-electron chi connectivity index (χ0n) is 11.5. The Kier molecular flexibility index (Phi) is 4.94. The van der Waals surface area contributed by atoms with Crippen LogP contribution in [0.25, 0.3) is 0 Å². The number of halogens is 1. The van der Waals surface area contributed by atoms with Gasteiger partial charge in [0.2, 0.25) is 5.91 Å². The number of thiocarbonyl (C=S) groups is 1. The lowest BCUT2D eigenvalue weighted by atomic mass is 10.1. The molecule has 0 fully saturated rings. The van der Waals surface area contributed by atoms with Gasteiger partial charge in [-0.3, -0.25) is 4.79 Å². The lowest BCUT2D eigenvalue weighted by Crippen LogP contribution is -2.16. The molecule has 0 spiro atoms. The molecule has 0 saturated carbocycles. The summed E-state index contributed by atoms with van der Waals surface area (Å²) in [6.07, 6.45) is 0.286. The summed E-state index contributed by atoms with van der Waals surface area (Å²) in [6, 6.07) is 12.7. The minimum Gasteiger partial charge on any atom is -0.389 e. The van der Waals surface area contributed by atoms with Crippen LogP contribution in [0.1, 0.15) is 16.7 Å². The fourth-order valence-corrected chi connectivity index (χ4v) is 2.14. The zero-order chi connectivity index (χ0) is 15.4. The van der Waals surface area contributed by atoms with Gasteiger partial charge in [-0.1, -0.05) is 48.1 Å². The smallest absolute Gasteiger partial charge is 0.228 e. The number of amides is 1. The van der Waals surface area contributed by atoms with Crippen molar-refractivity contribution in [1.82, 2.24) is 0 Å². The van der Waals surface area contributed by atoms with Crippen molar-refractivity contribution < 1.29 is 4.79 Å². The predicted molar refractivity (Wildman–Crippen MR) is 90.9 cm³/mol. The van der Waals surface area contributed by atoms with Gasteiger partial charge in [0.1, 0.15) is 4.99 Å². The molecule has 0 aromatic heterocycles. The quantitative estimate of drug-likeness (QED) is 0.849.